The van der Waals surface area contributed by atoms with Gasteiger partial charge in [0, 0.05) is 26.2 Å². The first-order chi connectivity index (χ1) is 24.6. The van der Waals surface area contributed by atoms with E-state index in [1.54, 1.807) is 6.92 Å². The third-order valence-electron chi connectivity index (χ3n) is 8.43. The van der Waals surface area contributed by atoms with Crippen molar-refractivity contribution in [3.8, 4) is 0 Å². The van der Waals surface area contributed by atoms with Crippen LogP contribution in [0, 0.1) is 0 Å². The maximum Gasteiger partial charge on any atom is 0.306 e. The first-order valence-electron chi connectivity index (χ1n) is 19.2. The third-order valence-corrected chi connectivity index (χ3v) is 9.13. The molecule has 0 saturated heterocycles. The van der Waals surface area contributed by atoms with Crippen LogP contribution in [-0.4, -0.2) is 100 Å². The van der Waals surface area contributed by atoms with E-state index in [4.69, 9.17) is 14.0 Å². The lowest BCUT2D eigenvalue weighted by molar-refractivity contribution is -0.219. The zero-order valence-corrected chi connectivity index (χ0v) is 32.6. The first-order valence-corrected chi connectivity index (χ1v) is 20.8. The Kier molecular flexibility index (Phi) is 29.6. The van der Waals surface area contributed by atoms with Gasteiger partial charge >= 0.3 is 11.9 Å². The number of ether oxygens (including phenoxy) is 2. The number of unbranched alkanes of at least 4 members (excludes halogenated alkanes) is 10. The van der Waals surface area contributed by atoms with Crippen molar-refractivity contribution in [2.24, 2.45) is 4.99 Å². The molecule has 13 nitrogen and oxygen atoms in total. The van der Waals surface area contributed by atoms with E-state index < -0.39 is 58.7 Å². The number of rotatable bonds is 33. The number of carbonyl (C=O) groups is 2. The molecule has 0 aliphatic rings. The number of carbonyl (C=O) groups excluding carboxylic acids is 2. The quantitative estimate of drug-likeness (QED) is 0.0151. The standard InChI is InChI=1S/C38H69NO12S/c1-4-5-6-9-14-19-32(41)20-15-10-7-11-16-21-34(51-31(3)40)22-17-12-8-13-18-23-38(46)50-30(2)28-35(43)36(44)29-33(42)24-25-37(45)39-26-27-52(47,48)49/h14,16,19,21,30,32-36,41-44H,4-13,15,17-18,20,22-29H2,1-3H3,(H,39,45)(H,47,48,49)/p-1/b19-14+,21-16+/t30?,32?,33-,34?,35+,36-/m1/s1. The molecule has 0 heterocycles. The van der Waals surface area contributed by atoms with E-state index in [0.717, 1.165) is 70.6 Å². The average Bonchev–Trinajstić information content (AvgIpc) is 3.05. The van der Waals surface area contributed by atoms with Gasteiger partial charge in [-0.25, -0.2) is 0 Å². The fourth-order valence-electron chi connectivity index (χ4n) is 5.49. The van der Waals surface area contributed by atoms with E-state index >= 15 is 0 Å². The van der Waals surface area contributed by atoms with Crippen LogP contribution in [0.25, 0.3) is 0 Å². The molecule has 0 fully saturated rings. The van der Waals surface area contributed by atoms with E-state index in [1.807, 2.05) is 12.2 Å². The highest BCUT2D eigenvalue weighted by molar-refractivity contribution is 7.85. The second-order valence-corrected chi connectivity index (χ2v) is 15.2. The second-order valence-electron chi connectivity index (χ2n) is 13.7. The Labute approximate surface area is 312 Å². The number of esters is 2. The van der Waals surface area contributed by atoms with Crippen molar-refractivity contribution in [1.82, 2.24) is 0 Å². The van der Waals surface area contributed by atoms with Crippen LogP contribution in [-0.2, 0) is 29.2 Å². The van der Waals surface area contributed by atoms with Gasteiger partial charge in [0.15, 0.2) is 0 Å². The fourth-order valence-corrected chi connectivity index (χ4v) is 5.81. The molecule has 0 bridgehead atoms. The van der Waals surface area contributed by atoms with E-state index in [0.29, 0.717) is 6.42 Å². The summed E-state index contributed by atoms with van der Waals surface area (Å²) in [6.07, 6.45) is 17.0. The topological polar surface area (TPSA) is 223 Å². The Morgan fingerprint density at radius 2 is 1.37 bits per heavy atom. The number of aliphatic hydroxyl groups excluding tert-OH is 4. The van der Waals surface area contributed by atoms with Crippen molar-refractivity contribution < 1.29 is 57.6 Å². The predicted octanol–water partition coefficient (Wildman–Crippen LogP) is 4.87. The highest BCUT2D eigenvalue weighted by Gasteiger charge is 2.23. The van der Waals surface area contributed by atoms with Crippen LogP contribution in [0.15, 0.2) is 29.3 Å². The molecule has 5 N–H and O–H groups in total. The van der Waals surface area contributed by atoms with E-state index in [9.17, 15) is 43.5 Å². The van der Waals surface area contributed by atoms with Crippen LogP contribution in [0.4, 0.5) is 0 Å². The van der Waals surface area contributed by atoms with Gasteiger partial charge in [-0.1, -0.05) is 70.1 Å². The van der Waals surface area contributed by atoms with Gasteiger partial charge in [0.2, 0.25) is 0 Å². The SMILES string of the molecule is CCCCC/C=C/C(O)CCCCC/C=C/C(CCCCCCCC(=O)OC(C)C[C@H](O)[C@H](O)C[C@H](O)CCC([O-])=NCCS(=O)(=O)O)OC(C)=O. The molecule has 0 aromatic heterocycles. The summed E-state index contributed by atoms with van der Waals surface area (Å²) < 4.78 is 40.8. The van der Waals surface area contributed by atoms with Crippen molar-refractivity contribution in [2.75, 3.05) is 12.3 Å². The van der Waals surface area contributed by atoms with Gasteiger partial charge in [-0.2, -0.15) is 8.42 Å². The summed E-state index contributed by atoms with van der Waals surface area (Å²) in [5.41, 5.74) is 0. The van der Waals surface area contributed by atoms with Crippen LogP contribution in [0.1, 0.15) is 149 Å². The lowest BCUT2D eigenvalue weighted by Gasteiger charge is -2.23. The Hall–Kier alpha value is -2.36. The van der Waals surface area contributed by atoms with Crippen LogP contribution < -0.4 is 5.11 Å². The van der Waals surface area contributed by atoms with E-state index in [2.05, 4.69) is 24.1 Å². The molecule has 3 unspecified atom stereocenters. The molecule has 6 atom stereocenters. The van der Waals surface area contributed by atoms with Crippen LogP contribution in [0.3, 0.4) is 0 Å². The molecule has 0 aromatic carbocycles. The lowest BCUT2D eigenvalue weighted by Crippen LogP contribution is -2.34. The Bertz CT molecular complexity index is 1130. The maximum absolute atomic E-state index is 12.3. The molecule has 0 amide bonds. The number of hydrogen-bond donors (Lipinski definition) is 5. The number of nitrogens with zero attached hydrogens (tertiary/aromatic N) is 1. The van der Waals surface area contributed by atoms with Crippen molar-refractivity contribution in [2.45, 2.75) is 186 Å². The minimum Gasteiger partial charge on any atom is -0.862 e. The largest absolute Gasteiger partial charge is 0.862 e. The highest BCUT2D eigenvalue weighted by atomic mass is 32.2. The predicted molar refractivity (Wildman–Crippen MR) is 200 cm³/mol. The minimum atomic E-state index is -4.22. The summed E-state index contributed by atoms with van der Waals surface area (Å²) >= 11 is 0. The van der Waals surface area contributed by atoms with Crippen molar-refractivity contribution in [1.29, 1.82) is 0 Å². The second kappa shape index (κ2) is 31.0. The molecule has 52 heavy (non-hydrogen) atoms. The molecule has 0 spiro atoms. The maximum atomic E-state index is 12.3. The molecule has 14 heteroatoms. The van der Waals surface area contributed by atoms with Crippen LogP contribution in [0.2, 0.25) is 0 Å². The molecule has 0 aliphatic heterocycles. The smallest absolute Gasteiger partial charge is 0.306 e. The van der Waals surface area contributed by atoms with Crippen LogP contribution >= 0.6 is 0 Å². The number of allylic oxidation sites excluding steroid dienone is 2. The van der Waals surface area contributed by atoms with Crippen LogP contribution in [0.5, 0.6) is 0 Å². The van der Waals surface area contributed by atoms with Gasteiger partial charge in [-0.15, -0.1) is 0 Å². The van der Waals surface area contributed by atoms with Crippen molar-refractivity contribution in [3.63, 3.8) is 0 Å². The Balaban J connectivity index is 4.14. The molecule has 0 radical (unpaired) electrons. The third kappa shape index (κ3) is 32.3. The summed E-state index contributed by atoms with van der Waals surface area (Å²) in [6, 6.07) is 0. The highest BCUT2D eigenvalue weighted by Crippen LogP contribution is 2.16. The lowest BCUT2D eigenvalue weighted by atomic mass is 9.99. The van der Waals surface area contributed by atoms with Gasteiger partial charge in [0.25, 0.3) is 10.1 Å². The van der Waals surface area contributed by atoms with Gasteiger partial charge < -0.3 is 40.0 Å². The van der Waals surface area contributed by atoms with Gasteiger partial charge in [0.1, 0.15) is 12.2 Å². The van der Waals surface area contributed by atoms with Crippen molar-refractivity contribution in [3.05, 3.63) is 24.3 Å². The molecular weight excluding hydrogens is 694 g/mol. The first kappa shape index (κ1) is 49.6. The zero-order valence-electron chi connectivity index (χ0n) is 31.8. The van der Waals surface area contributed by atoms with Gasteiger partial charge in [-0.3, -0.25) is 14.1 Å². The van der Waals surface area contributed by atoms with E-state index in [-0.39, 0.29) is 50.3 Å². The van der Waals surface area contributed by atoms with E-state index in [1.165, 1.54) is 26.2 Å². The number of aliphatic imine (C=N–C) groups is 1. The molecule has 0 saturated carbocycles. The summed E-state index contributed by atoms with van der Waals surface area (Å²) in [7, 11) is -4.22. The Morgan fingerprint density at radius 1 is 0.769 bits per heavy atom. The normalized spacial score (nSPS) is 16.1. The molecule has 304 valence electrons. The average molecular weight is 763 g/mol. The molecular formula is C38H68NO12S-. The minimum absolute atomic E-state index is 0.0390. The number of hydrogen-bond acceptors (Lipinski definition) is 12. The van der Waals surface area contributed by atoms with Gasteiger partial charge in [-0.05, 0) is 83.1 Å². The molecule has 0 rings (SSSR count). The summed E-state index contributed by atoms with van der Waals surface area (Å²) in [6.45, 7) is 4.80. The van der Waals surface area contributed by atoms with Crippen molar-refractivity contribution >= 4 is 28.0 Å². The Morgan fingerprint density at radius 3 is 2.04 bits per heavy atom. The summed E-state index contributed by atoms with van der Waals surface area (Å²) in [4.78, 5) is 27.3. The fraction of sp³-hybridized carbons (Fsp3) is 0.816. The molecule has 0 aliphatic carbocycles. The summed E-state index contributed by atoms with van der Waals surface area (Å²) in [5, 5.41) is 52.3. The summed E-state index contributed by atoms with van der Waals surface area (Å²) in [5.74, 6) is -2.05. The number of aliphatic hydroxyl groups is 4. The molecule has 0 aromatic rings. The monoisotopic (exact) mass is 762 g/mol. The zero-order chi connectivity index (χ0) is 39.2. The van der Waals surface area contributed by atoms with Gasteiger partial charge in [0.05, 0.1) is 36.7 Å².